The van der Waals surface area contributed by atoms with Gasteiger partial charge in [-0.05, 0) is 111 Å². The molecule has 6 heteroatoms. The largest absolute Gasteiger partial charge is 0.367 e. The number of nitrogens with zero attached hydrogens (tertiary/aromatic N) is 5. The van der Waals surface area contributed by atoms with Crippen LogP contribution in [-0.4, -0.2) is 30.6 Å². The van der Waals surface area contributed by atoms with Crippen LogP contribution < -0.4 is 15.8 Å². The third kappa shape index (κ3) is 4.55. The zero-order chi connectivity index (χ0) is 34.9. The van der Waals surface area contributed by atoms with Crippen LogP contribution in [0.25, 0.3) is 61.7 Å². The SMILES string of the molecule is C1=CC=C2CC(=C1)C(c1ccc3c(c1)c1c(n3-c3ccccn3)NCC=C1)=c1ccccc1=C2c1ccc2c(c1)c1cccnc1n2-c1ccccn1. The molecule has 0 saturated heterocycles. The van der Waals surface area contributed by atoms with Crippen molar-refractivity contribution >= 4 is 55.9 Å². The van der Waals surface area contributed by atoms with Crippen LogP contribution >= 0.6 is 0 Å². The first-order valence-corrected chi connectivity index (χ1v) is 18.0. The van der Waals surface area contributed by atoms with Gasteiger partial charge in [0.05, 0.1) is 11.0 Å². The Hall–Kier alpha value is -7.05. The van der Waals surface area contributed by atoms with Gasteiger partial charge in [-0.25, -0.2) is 15.0 Å². The lowest BCUT2D eigenvalue weighted by atomic mass is 9.89. The maximum atomic E-state index is 4.83. The van der Waals surface area contributed by atoms with Gasteiger partial charge in [0.25, 0.3) is 0 Å². The lowest BCUT2D eigenvalue weighted by Crippen LogP contribution is -2.29. The predicted molar refractivity (Wildman–Crippen MR) is 216 cm³/mol. The minimum absolute atomic E-state index is 0.784. The fourth-order valence-corrected chi connectivity index (χ4v) is 8.55. The number of hydrogen-bond donors (Lipinski definition) is 1. The quantitative estimate of drug-likeness (QED) is 0.202. The van der Waals surface area contributed by atoms with Crippen LogP contribution in [0.3, 0.4) is 0 Å². The van der Waals surface area contributed by atoms with Crippen molar-refractivity contribution in [1.82, 2.24) is 24.1 Å². The maximum Gasteiger partial charge on any atom is 0.146 e. The van der Waals surface area contributed by atoms with Gasteiger partial charge in [-0.3, -0.25) is 9.13 Å². The zero-order valence-corrected chi connectivity index (χ0v) is 28.7. The highest BCUT2D eigenvalue weighted by Crippen LogP contribution is 2.40. The number of benzene rings is 3. The molecule has 0 unspecified atom stereocenters. The third-order valence-electron chi connectivity index (χ3n) is 10.7. The molecule has 6 nitrogen and oxygen atoms in total. The Labute approximate surface area is 305 Å². The second kappa shape index (κ2) is 11.8. The summed E-state index contributed by atoms with van der Waals surface area (Å²) in [7, 11) is 0. The van der Waals surface area contributed by atoms with Crippen LogP contribution in [-0.2, 0) is 0 Å². The molecule has 0 amide bonds. The van der Waals surface area contributed by atoms with Gasteiger partial charge in [-0.1, -0.05) is 85.0 Å². The van der Waals surface area contributed by atoms with Gasteiger partial charge in [0.2, 0.25) is 0 Å². The zero-order valence-electron chi connectivity index (χ0n) is 28.7. The molecule has 0 atom stereocenters. The van der Waals surface area contributed by atoms with E-state index in [1.807, 2.05) is 55.0 Å². The Bertz CT molecular complexity index is 3070. The molecule has 1 N–H and O–H groups in total. The van der Waals surface area contributed by atoms with Crippen LogP contribution in [0.4, 0.5) is 5.82 Å². The molecule has 11 rings (SSSR count). The molecule has 0 fully saturated rings. The van der Waals surface area contributed by atoms with Crippen LogP contribution in [0.5, 0.6) is 0 Å². The first kappa shape index (κ1) is 29.7. The first-order chi connectivity index (χ1) is 26.3. The monoisotopic (exact) mass is 680 g/mol. The van der Waals surface area contributed by atoms with E-state index in [-0.39, 0.29) is 0 Å². The van der Waals surface area contributed by atoms with Gasteiger partial charge >= 0.3 is 0 Å². The first-order valence-electron chi connectivity index (χ1n) is 18.0. The smallest absolute Gasteiger partial charge is 0.146 e. The minimum atomic E-state index is 0.784. The highest BCUT2D eigenvalue weighted by atomic mass is 15.2. The van der Waals surface area contributed by atoms with E-state index in [4.69, 9.17) is 15.0 Å². The second-order valence-electron chi connectivity index (χ2n) is 13.7. The van der Waals surface area contributed by atoms with E-state index in [2.05, 4.69) is 124 Å². The molecule has 3 aromatic carbocycles. The average molecular weight is 681 g/mol. The van der Waals surface area contributed by atoms with E-state index >= 15 is 0 Å². The van der Waals surface area contributed by atoms with Crippen LogP contribution in [0, 0.1) is 0 Å². The van der Waals surface area contributed by atoms with Crippen molar-refractivity contribution < 1.29 is 0 Å². The number of hydrogen-bond acceptors (Lipinski definition) is 4. The van der Waals surface area contributed by atoms with Gasteiger partial charge < -0.3 is 5.32 Å². The molecule has 2 aliphatic carbocycles. The summed E-state index contributed by atoms with van der Waals surface area (Å²) < 4.78 is 4.42. The number of nitrogens with one attached hydrogen (secondary N) is 1. The number of pyridine rings is 3. The Balaban J connectivity index is 1.19. The number of anilines is 1. The van der Waals surface area contributed by atoms with Crippen LogP contribution in [0.2, 0.25) is 0 Å². The van der Waals surface area contributed by atoms with Crippen molar-refractivity contribution in [2.75, 3.05) is 11.9 Å². The van der Waals surface area contributed by atoms with Gasteiger partial charge in [-0.2, -0.15) is 0 Å². The van der Waals surface area contributed by atoms with Crippen LogP contribution in [0.1, 0.15) is 23.1 Å². The van der Waals surface area contributed by atoms with Crippen molar-refractivity contribution in [3.63, 3.8) is 0 Å². The standard InChI is InChI=1S/C47H32N6/c1-2-12-31-27-30(11-1)44(32-19-21-40-38(28-32)36-15-9-25-50-46(36)52(40)42-17-5-7-23-48-42)34-13-3-4-14-35(34)45(31)33-20-22-41-39(29-33)37-16-10-26-51-47(37)53(41)43-18-6-8-24-49-43/h1-25,28-29,51H,26-27H2. The Morgan fingerprint density at radius 2 is 1.17 bits per heavy atom. The van der Waals surface area contributed by atoms with Gasteiger partial charge in [0, 0.05) is 46.9 Å². The molecule has 53 heavy (non-hydrogen) atoms. The molecule has 5 aromatic heterocycles. The highest BCUT2D eigenvalue weighted by molar-refractivity contribution is 6.09. The summed E-state index contributed by atoms with van der Waals surface area (Å²) in [5.41, 5.74) is 11.8. The molecule has 1 aliphatic heterocycles. The topological polar surface area (TPSA) is 60.6 Å². The number of rotatable bonds is 4. The lowest BCUT2D eigenvalue weighted by molar-refractivity contribution is 1.03. The number of fused-ring (bicyclic) bond motifs is 9. The molecular weight excluding hydrogens is 649 g/mol. The number of aromatic nitrogens is 5. The molecule has 2 bridgehead atoms. The van der Waals surface area contributed by atoms with Crippen molar-refractivity contribution in [2.24, 2.45) is 0 Å². The molecule has 3 aliphatic rings. The fourth-order valence-electron chi connectivity index (χ4n) is 8.55. The van der Waals surface area contributed by atoms with Gasteiger partial charge in [0.15, 0.2) is 0 Å². The van der Waals surface area contributed by atoms with E-state index in [1.165, 1.54) is 54.8 Å². The fraction of sp³-hybridized carbons (Fsp3) is 0.0426. The minimum Gasteiger partial charge on any atom is -0.367 e. The molecule has 0 radical (unpaired) electrons. The lowest BCUT2D eigenvalue weighted by Gasteiger charge is -2.14. The van der Waals surface area contributed by atoms with E-state index in [9.17, 15) is 0 Å². The van der Waals surface area contributed by atoms with E-state index in [0.29, 0.717) is 0 Å². The van der Waals surface area contributed by atoms with Crippen molar-refractivity contribution in [2.45, 2.75) is 6.42 Å². The summed E-state index contributed by atoms with van der Waals surface area (Å²) in [6.45, 7) is 0.784. The summed E-state index contributed by atoms with van der Waals surface area (Å²) in [6.07, 6.45) is 19.8. The normalized spacial score (nSPS) is 14.8. The Morgan fingerprint density at radius 1 is 0.547 bits per heavy atom. The third-order valence-corrected chi connectivity index (χ3v) is 10.7. The summed E-state index contributed by atoms with van der Waals surface area (Å²) in [6, 6.07) is 39.0. The van der Waals surface area contributed by atoms with E-state index in [1.54, 1.807) is 0 Å². The summed E-state index contributed by atoms with van der Waals surface area (Å²) in [5, 5.41) is 9.57. The Morgan fingerprint density at radius 3 is 1.85 bits per heavy atom. The van der Waals surface area contributed by atoms with Gasteiger partial charge in [0.1, 0.15) is 23.1 Å². The van der Waals surface area contributed by atoms with Crippen molar-refractivity contribution in [3.05, 3.63) is 196 Å². The molecule has 6 heterocycles. The second-order valence-corrected chi connectivity index (χ2v) is 13.7. The summed E-state index contributed by atoms with van der Waals surface area (Å²) in [5.74, 6) is 2.84. The molecule has 8 aromatic rings. The molecular formula is C47H32N6. The maximum absolute atomic E-state index is 4.83. The van der Waals surface area contributed by atoms with Gasteiger partial charge in [-0.15, -0.1) is 0 Å². The summed E-state index contributed by atoms with van der Waals surface area (Å²) >= 11 is 0. The molecule has 0 saturated carbocycles. The predicted octanol–water partition coefficient (Wildman–Crippen LogP) is 8.58. The molecule has 250 valence electrons. The highest BCUT2D eigenvalue weighted by Gasteiger charge is 2.25. The van der Waals surface area contributed by atoms with E-state index < -0.39 is 0 Å². The van der Waals surface area contributed by atoms with E-state index in [0.717, 1.165) is 57.9 Å². The Kier molecular flexibility index (Phi) is 6.58. The molecule has 0 spiro atoms. The van der Waals surface area contributed by atoms with Crippen molar-refractivity contribution in [3.8, 4) is 11.6 Å². The van der Waals surface area contributed by atoms with Crippen LogP contribution in [0.15, 0.2) is 169 Å². The number of allylic oxidation sites excluding steroid dienone is 6. The van der Waals surface area contributed by atoms with Crippen molar-refractivity contribution in [1.29, 1.82) is 0 Å². The summed E-state index contributed by atoms with van der Waals surface area (Å²) in [4.78, 5) is 14.3. The average Bonchev–Trinajstić information content (AvgIpc) is 3.55.